The summed E-state index contributed by atoms with van der Waals surface area (Å²) in [7, 11) is 1.93. The molecular weight excluding hydrogens is 226 g/mol. The Kier molecular flexibility index (Phi) is 3.97. The molecule has 0 radical (unpaired) electrons. The van der Waals surface area contributed by atoms with Crippen molar-refractivity contribution in [2.24, 2.45) is 5.73 Å². The van der Waals surface area contributed by atoms with Gasteiger partial charge >= 0.3 is 0 Å². The van der Waals surface area contributed by atoms with Crippen LogP contribution in [0.2, 0.25) is 0 Å². The van der Waals surface area contributed by atoms with Crippen LogP contribution in [0.25, 0.3) is 0 Å². The molecule has 1 heterocycles. The Morgan fingerprint density at radius 3 is 2.50 bits per heavy atom. The smallest absolute Gasteiger partial charge is 0.240 e. The van der Waals surface area contributed by atoms with Gasteiger partial charge in [0.25, 0.3) is 0 Å². The van der Waals surface area contributed by atoms with Crippen LogP contribution in [0.1, 0.15) is 46.0 Å². The summed E-state index contributed by atoms with van der Waals surface area (Å²) in [5.41, 5.74) is 5.63. The average Bonchev–Trinajstić information content (AvgIpc) is 2.83. The van der Waals surface area contributed by atoms with Gasteiger partial charge < -0.3 is 10.6 Å². The fraction of sp³-hybridized carbons (Fsp3) is 0.929. The van der Waals surface area contributed by atoms with Gasteiger partial charge in [-0.05, 0) is 39.7 Å². The second-order valence-corrected chi connectivity index (χ2v) is 6.41. The van der Waals surface area contributed by atoms with Gasteiger partial charge in [-0.2, -0.15) is 0 Å². The second-order valence-electron chi connectivity index (χ2n) is 6.41. The van der Waals surface area contributed by atoms with E-state index in [4.69, 9.17) is 5.73 Å². The Morgan fingerprint density at radius 2 is 1.94 bits per heavy atom. The van der Waals surface area contributed by atoms with E-state index in [1.54, 1.807) is 0 Å². The molecule has 1 aliphatic heterocycles. The number of carbonyl (C=O) groups excluding carboxylic acids is 1. The van der Waals surface area contributed by atoms with Gasteiger partial charge in [-0.15, -0.1) is 0 Å². The summed E-state index contributed by atoms with van der Waals surface area (Å²) in [4.78, 5) is 16.9. The highest BCUT2D eigenvalue weighted by atomic mass is 16.2. The summed E-state index contributed by atoms with van der Waals surface area (Å²) in [5, 5.41) is 0. The van der Waals surface area contributed by atoms with Gasteiger partial charge in [0.15, 0.2) is 0 Å². The lowest BCUT2D eigenvalue weighted by molar-refractivity contribution is -0.151. The van der Waals surface area contributed by atoms with Crippen molar-refractivity contribution in [3.8, 4) is 0 Å². The molecule has 0 aromatic heterocycles. The molecule has 2 fully saturated rings. The Labute approximate surface area is 110 Å². The molecule has 4 nitrogen and oxygen atoms in total. The molecule has 0 bridgehead atoms. The number of hydrogen-bond donors (Lipinski definition) is 1. The zero-order valence-corrected chi connectivity index (χ0v) is 12.0. The Morgan fingerprint density at radius 1 is 1.33 bits per heavy atom. The molecule has 1 amide bonds. The van der Waals surface area contributed by atoms with Crippen molar-refractivity contribution in [3.63, 3.8) is 0 Å². The van der Waals surface area contributed by atoms with E-state index < -0.39 is 0 Å². The minimum absolute atomic E-state index is 0.0103. The molecular formula is C14H27N3O. The average molecular weight is 253 g/mol. The predicted octanol–water partition coefficient (Wildman–Crippen LogP) is 1.20. The van der Waals surface area contributed by atoms with Crippen molar-refractivity contribution in [2.45, 2.75) is 63.6 Å². The minimum Gasteiger partial charge on any atom is -0.338 e. The molecule has 1 aliphatic carbocycles. The highest BCUT2D eigenvalue weighted by Gasteiger charge is 2.44. The fourth-order valence-electron chi connectivity index (χ4n) is 3.39. The van der Waals surface area contributed by atoms with Crippen LogP contribution >= 0.6 is 0 Å². The first kappa shape index (κ1) is 13.8. The van der Waals surface area contributed by atoms with E-state index in [1.807, 2.05) is 11.9 Å². The van der Waals surface area contributed by atoms with E-state index >= 15 is 0 Å². The van der Waals surface area contributed by atoms with E-state index in [2.05, 4.69) is 18.7 Å². The first-order valence-electron chi connectivity index (χ1n) is 7.21. The van der Waals surface area contributed by atoms with Gasteiger partial charge in [0.1, 0.15) is 0 Å². The molecule has 2 N–H and O–H groups in total. The largest absolute Gasteiger partial charge is 0.338 e. The van der Waals surface area contributed by atoms with E-state index in [9.17, 15) is 4.79 Å². The second kappa shape index (κ2) is 5.17. The summed E-state index contributed by atoms with van der Waals surface area (Å²) in [5.74, 6) is 0.253. The molecule has 0 aromatic carbocycles. The maximum absolute atomic E-state index is 12.5. The van der Waals surface area contributed by atoms with Crippen molar-refractivity contribution in [2.75, 3.05) is 20.1 Å². The van der Waals surface area contributed by atoms with Gasteiger partial charge in [-0.3, -0.25) is 9.69 Å². The topological polar surface area (TPSA) is 49.6 Å². The zero-order chi connectivity index (χ0) is 13.3. The number of likely N-dealkylation sites (N-methyl/N-ethyl adjacent to an activating group) is 1. The van der Waals surface area contributed by atoms with Gasteiger partial charge in [-0.1, -0.05) is 12.8 Å². The highest BCUT2D eigenvalue weighted by molar-refractivity contribution is 5.83. The van der Waals surface area contributed by atoms with Gasteiger partial charge in [-0.25, -0.2) is 0 Å². The predicted molar refractivity (Wildman–Crippen MR) is 73.3 cm³/mol. The molecule has 1 saturated heterocycles. The lowest BCUT2D eigenvalue weighted by atomic mass is 9.92. The Balaban J connectivity index is 2.20. The van der Waals surface area contributed by atoms with Crippen molar-refractivity contribution < 1.29 is 4.79 Å². The van der Waals surface area contributed by atoms with Crippen molar-refractivity contribution in [1.82, 2.24) is 9.80 Å². The molecule has 4 heteroatoms. The number of amides is 1. The molecule has 2 rings (SSSR count). The first-order chi connectivity index (χ1) is 8.47. The third-order valence-corrected chi connectivity index (χ3v) is 4.73. The Bertz CT molecular complexity index is 310. The quantitative estimate of drug-likeness (QED) is 0.822. The SMILES string of the molecule is CN1C(=O)C(CCN)N(C2CCCC2)CC1(C)C. The normalized spacial score (nSPS) is 30.1. The third-order valence-electron chi connectivity index (χ3n) is 4.73. The summed E-state index contributed by atoms with van der Waals surface area (Å²) >= 11 is 0. The van der Waals surface area contributed by atoms with Crippen LogP contribution in [0, 0.1) is 0 Å². The monoisotopic (exact) mass is 253 g/mol. The number of hydrogen-bond acceptors (Lipinski definition) is 3. The lowest BCUT2D eigenvalue weighted by Gasteiger charge is -2.51. The van der Waals surface area contributed by atoms with Crippen LogP contribution in [-0.2, 0) is 4.79 Å². The first-order valence-corrected chi connectivity index (χ1v) is 7.21. The van der Waals surface area contributed by atoms with Crippen LogP contribution in [0.15, 0.2) is 0 Å². The molecule has 104 valence electrons. The number of carbonyl (C=O) groups is 1. The summed E-state index contributed by atoms with van der Waals surface area (Å²) in [6, 6.07) is 0.606. The fourth-order valence-corrected chi connectivity index (χ4v) is 3.39. The van der Waals surface area contributed by atoms with Crippen LogP contribution in [0.3, 0.4) is 0 Å². The Hall–Kier alpha value is -0.610. The molecule has 2 aliphatic rings. The molecule has 1 unspecified atom stereocenters. The third kappa shape index (κ3) is 2.41. The van der Waals surface area contributed by atoms with Crippen LogP contribution < -0.4 is 5.73 Å². The van der Waals surface area contributed by atoms with Crippen LogP contribution in [0.5, 0.6) is 0 Å². The number of rotatable bonds is 3. The standard InChI is InChI=1S/C14H27N3O/c1-14(2)10-17(11-6-4-5-7-11)12(8-9-15)13(18)16(14)3/h11-12H,4-10,15H2,1-3H3. The van der Waals surface area contributed by atoms with Crippen LogP contribution in [-0.4, -0.2) is 53.5 Å². The molecule has 0 aromatic rings. The highest BCUT2D eigenvalue weighted by Crippen LogP contribution is 2.32. The zero-order valence-electron chi connectivity index (χ0n) is 12.0. The summed E-state index contributed by atoms with van der Waals surface area (Å²) in [6.45, 7) is 5.88. The maximum Gasteiger partial charge on any atom is 0.240 e. The number of nitrogens with two attached hydrogens (primary N) is 1. The molecule has 1 atom stereocenters. The maximum atomic E-state index is 12.5. The van der Waals surface area contributed by atoms with E-state index in [0.717, 1.165) is 13.0 Å². The van der Waals surface area contributed by atoms with Crippen molar-refractivity contribution >= 4 is 5.91 Å². The van der Waals surface area contributed by atoms with E-state index in [0.29, 0.717) is 12.6 Å². The van der Waals surface area contributed by atoms with Crippen LogP contribution in [0.4, 0.5) is 0 Å². The lowest BCUT2D eigenvalue weighted by Crippen LogP contribution is -2.66. The summed E-state index contributed by atoms with van der Waals surface area (Å²) < 4.78 is 0. The number of piperazine rings is 1. The van der Waals surface area contributed by atoms with Crippen molar-refractivity contribution in [1.29, 1.82) is 0 Å². The van der Waals surface area contributed by atoms with Crippen molar-refractivity contribution in [3.05, 3.63) is 0 Å². The summed E-state index contributed by atoms with van der Waals surface area (Å²) in [6.07, 6.45) is 5.89. The van der Waals surface area contributed by atoms with E-state index in [-0.39, 0.29) is 17.5 Å². The number of nitrogens with zero attached hydrogens (tertiary/aromatic N) is 2. The van der Waals surface area contributed by atoms with Gasteiger partial charge in [0.05, 0.1) is 6.04 Å². The molecule has 18 heavy (non-hydrogen) atoms. The minimum atomic E-state index is -0.0647. The van der Waals surface area contributed by atoms with Gasteiger partial charge in [0, 0.05) is 25.2 Å². The molecule has 1 saturated carbocycles. The molecule has 0 spiro atoms. The van der Waals surface area contributed by atoms with Gasteiger partial charge in [0.2, 0.25) is 5.91 Å². The van der Waals surface area contributed by atoms with E-state index in [1.165, 1.54) is 25.7 Å².